The SMILES string of the molecule is O=CN1CCC2(CCCCN2)CC1. The molecule has 2 aliphatic heterocycles. The molecule has 1 amide bonds. The molecule has 2 heterocycles. The summed E-state index contributed by atoms with van der Waals surface area (Å²) in [5, 5.41) is 3.64. The van der Waals surface area contributed by atoms with Crippen molar-refractivity contribution in [3.05, 3.63) is 0 Å². The number of nitrogens with zero attached hydrogens (tertiary/aromatic N) is 1. The van der Waals surface area contributed by atoms with Crippen LogP contribution in [0.1, 0.15) is 32.1 Å². The average Bonchev–Trinajstić information content (AvgIpc) is 2.20. The Balaban J connectivity index is 1.91. The Morgan fingerprint density at radius 1 is 1.15 bits per heavy atom. The zero-order chi connectivity index (χ0) is 9.15. The molecule has 0 aromatic heterocycles. The highest BCUT2D eigenvalue weighted by molar-refractivity contribution is 5.47. The van der Waals surface area contributed by atoms with Crippen molar-refractivity contribution < 1.29 is 4.79 Å². The lowest BCUT2D eigenvalue weighted by Crippen LogP contribution is -2.55. The number of hydrogen-bond donors (Lipinski definition) is 1. The van der Waals surface area contributed by atoms with E-state index in [4.69, 9.17) is 0 Å². The predicted molar refractivity (Wildman–Crippen MR) is 51.5 cm³/mol. The van der Waals surface area contributed by atoms with Gasteiger partial charge in [0.1, 0.15) is 0 Å². The molecule has 2 fully saturated rings. The molecule has 0 aromatic rings. The second-order valence-corrected chi connectivity index (χ2v) is 4.31. The molecule has 13 heavy (non-hydrogen) atoms. The van der Waals surface area contributed by atoms with E-state index in [0.717, 1.165) is 32.3 Å². The van der Waals surface area contributed by atoms with Gasteiger partial charge in [-0.2, -0.15) is 0 Å². The van der Waals surface area contributed by atoms with E-state index in [1.165, 1.54) is 25.8 Å². The molecule has 74 valence electrons. The molecule has 1 spiro atoms. The number of carbonyl (C=O) groups is 1. The van der Waals surface area contributed by atoms with E-state index in [9.17, 15) is 4.79 Å². The summed E-state index contributed by atoms with van der Waals surface area (Å²) in [4.78, 5) is 12.4. The quantitative estimate of drug-likeness (QED) is 0.607. The Bertz CT molecular complexity index is 177. The number of piperidine rings is 2. The Labute approximate surface area is 79.5 Å². The summed E-state index contributed by atoms with van der Waals surface area (Å²) in [6.45, 7) is 3.05. The van der Waals surface area contributed by atoms with E-state index in [1.54, 1.807) is 0 Å². The first kappa shape index (κ1) is 9.00. The van der Waals surface area contributed by atoms with Gasteiger partial charge in [-0.3, -0.25) is 4.79 Å². The van der Waals surface area contributed by atoms with Crippen molar-refractivity contribution in [2.24, 2.45) is 0 Å². The summed E-state index contributed by atoms with van der Waals surface area (Å²) in [5.74, 6) is 0. The minimum atomic E-state index is 0.387. The second kappa shape index (κ2) is 3.66. The number of nitrogens with one attached hydrogen (secondary N) is 1. The maximum Gasteiger partial charge on any atom is 0.209 e. The Morgan fingerprint density at radius 3 is 2.46 bits per heavy atom. The third kappa shape index (κ3) is 1.85. The zero-order valence-electron chi connectivity index (χ0n) is 8.09. The molecule has 0 bridgehead atoms. The van der Waals surface area contributed by atoms with Crippen molar-refractivity contribution in [1.82, 2.24) is 10.2 Å². The molecule has 0 aliphatic carbocycles. The largest absolute Gasteiger partial charge is 0.345 e. The van der Waals surface area contributed by atoms with Gasteiger partial charge in [0, 0.05) is 18.6 Å². The Morgan fingerprint density at radius 2 is 1.92 bits per heavy atom. The van der Waals surface area contributed by atoms with Crippen molar-refractivity contribution in [1.29, 1.82) is 0 Å². The van der Waals surface area contributed by atoms with Crippen LogP contribution in [0.25, 0.3) is 0 Å². The fourth-order valence-corrected chi connectivity index (χ4v) is 2.51. The van der Waals surface area contributed by atoms with E-state index in [2.05, 4.69) is 5.32 Å². The third-order valence-corrected chi connectivity index (χ3v) is 3.49. The van der Waals surface area contributed by atoms with Gasteiger partial charge in [0.05, 0.1) is 0 Å². The van der Waals surface area contributed by atoms with Crippen LogP contribution in [-0.4, -0.2) is 36.5 Å². The molecule has 2 saturated heterocycles. The molecule has 2 rings (SSSR count). The van der Waals surface area contributed by atoms with Gasteiger partial charge in [0.25, 0.3) is 0 Å². The van der Waals surface area contributed by atoms with E-state index >= 15 is 0 Å². The smallest absolute Gasteiger partial charge is 0.209 e. The summed E-state index contributed by atoms with van der Waals surface area (Å²) in [6.07, 6.45) is 7.25. The van der Waals surface area contributed by atoms with Gasteiger partial charge in [-0.05, 0) is 32.2 Å². The van der Waals surface area contributed by atoms with Gasteiger partial charge in [0.15, 0.2) is 0 Å². The average molecular weight is 182 g/mol. The van der Waals surface area contributed by atoms with Crippen LogP contribution in [0.2, 0.25) is 0 Å². The number of amides is 1. The predicted octanol–water partition coefficient (Wildman–Crippen LogP) is 0.751. The molecular weight excluding hydrogens is 164 g/mol. The Kier molecular flexibility index (Phi) is 2.54. The van der Waals surface area contributed by atoms with Gasteiger partial charge in [0.2, 0.25) is 6.41 Å². The highest BCUT2D eigenvalue weighted by Crippen LogP contribution is 2.29. The van der Waals surface area contributed by atoms with E-state index in [0.29, 0.717) is 5.54 Å². The zero-order valence-corrected chi connectivity index (χ0v) is 8.09. The monoisotopic (exact) mass is 182 g/mol. The topological polar surface area (TPSA) is 32.3 Å². The Hall–Kier alpha value is -0.570. The first-order valence-electron chi connectivity index (χ1n) is 5.29. The molecule has 0 unspecified atom stereocenters. The van der Waals surface area contributed by atoms with Crippen LogP contribution in [0.5, 0.6) is 0 Å². The van der Waals surface area contributed by atoms with Crippen LogP contribution in [0, 0.1) is 0 Å². The lowest BCUT2D eigenvalue weighted by Gasteiger charge is -2.44. The molecule has 0 aromatic carbocycles. The van der Waals surface area contributed by atoms with Gasteiger partial charge in [-0.15, -0.1) is 0 Å². The highest BCUT2D eigenvalue weighted by atomic mass is 16.1. The minimum absolute atomic E-state index is 0.387. The standard InChI is InChI=1S/C10H18N2O/c13-9-12-7-4-10(5-8-12)3-1-2-6-11-10/h9,11H,1-8H2. The van der Waals surface area contributed by atoms with Gasteiger partial charge >= 0.3 is 0 Å². The first-order chi connectivity index (χ1) is 6.35. The van der Waals surface area contributed by atoms with E-state index < -0.39 is 0 Å². The van der Waals surface area contributed by atoms with Crippen LogP contribution in [-0.2, 0) is 4.79 Å². The molecule has 0 radical (unpaired) electrons. The number of hydrogen-bond acceptors (Lipinski definition) is 2. The normalized spacial score (nSPS) is 27.5. The summed E-state index contributed by atoms with van der Waals surface area (Å²) in [6, 6.07) is 0. The first-order valence-corrected chi connectivity index (χ1v) is 5.29. The van der Waals surface area contributed by atoms with Crippen LogP contribution in [0.3, 0.4) is 0 Å². The fourth-order valence-electron chi connectivity index (χ4n) is 2.51. The van der Waals surface area contributed by atoms with Crippen molar-refractivity contribution in [3.63, 3.8) is 0 Å². The summed E-state index contributed by atoms with van der Waals surface area (Å²) < 4.78 is 0. The molecule has 3 heteroatoms. The van der Waals surface area contributed by atoms with Crippen molar-refractivity contribution in [2.75, 3.05) is 19.6 Å². The third-order valence-electron chi connectivity index (χ3n) is 3.49. The lowest BCUT2D eigenvalue weighted by atomic mass is 9.81. The maximum atomic E-state index is 10.5. The maximum absolute atomic E-state index is 10.5. The molecule has 3 nitrogen and oxygen atoms in total. The van der Waals surface area contributed by atoms with Crippen molar-refractivity contribution in [2.45, 2.75) is 37.6 Å². The lowest BCUT2D eigenvalue weighted by molar-refractivity contribution is -0.119. The van der Waals surface area contributed by atoms with Crippen molar-refractivity contribution >= 4 is 6.41 Å². The molecular formula is C10H18N2O. The number of likely N-dealkylation sites (tertiary alicyclic amines) is 1. The molecule has 1 N–H and O–H groups in total. The summed E-state index contributed by atoms with van der Waals surface area (Å²) in [5.41, 5.74) is 0.387. The summed E-state index contributed by atoms with van der Waals surface area (Å²) in [7, 11) is 0. The number of carbonyl (C=O) groups excluding carboxylic acids is 1. The second-order valence-electron chi connectivity index (χ2n) is 4.31. The van der Waals surface area contributed by atoms with Gasteiger partial charge < -0.3 is 10.2 Å². The molecule has 0 atom stereocenters. The van der Waals surface area contributed by atoms with Crippen LogP contribution in [0.15, 0.2) is 0 Å². The van der Waals surface area contributed by atoms with Crippen LogP contribution in [0.4, 0.5) is 0 Å². The van der Waals surface area contributed by atoms with E-state index in [1.807, 2.05) is 4.90 Å². The van der Waals surface area contributed by atoms with Crippen LogP contribution < -0.4 is 5.32 Å². The fraction of sp³-hybridized carbons (Fsp3) is 0.900. The molecule has 2 aliphatic rings. The van der Waals surface area contributed by atoms with Crippen molar-refractivity contribution in [3.8, 4) is 0 Å². The van der Waals surface area contributed by atoms with Gasteiger partial charge in [-0.25, -0.2) is 0 Å². The van der Waals surface area contributed by atoms with E-state index in [-0.39, 0.29) is 0 Å². The minimum Gasteiger partial charge on any atom is -0.345 e. The van der Waals surface area contributed by atoms with Gasteiger partial charge in [-0.1, -0.05) is 6.42 Å². The van der Waals surface area contributed by atoms with Crippen LogP contribution >= 0.6 is 0 Å². The highest BCUT2D eigenvalue weighted by Gasteiger charge is 2.34. The number of rotatable bonds is 1. The molecule has 0 saturated carbocycles. The summed E-state index contributed by atoms with van der Waals surface area (Å²) >= 11 is 0.